The summed E-state index contributed by atoms with van der Waals surface area (Å²) in [6.07, 6.45) is 6.75. The minimum Gasteiger partial charge on any atom is -0.481 e. The number of ketones is 1. The van der Waals surface area contributed by atoms with E-state index < -0.39 is 39.8 Å². The van der Waals surface area contributed by atoms with Crippen molar-refractivity contribution in [1.29, 1.82) is 0 Å². The summed E-state index contributed by atoms with van der Waals surface area (Å²) in [5, 5.41) is 7.36. The molecule has 2 unspecified atom stereocenters. The molecule has 2 atom stereocenters. The molecule has 0 bridgehead atoms. The standard InChI is InChI=1S/C20H21ClF4O3/c21-16-19(24)17(22)13(18(23)20(16)25)9-7-11-8-10-14(26)12(11)5-3-1-2-4-6-15(27)28/h7,9,11-12H,1-6,8,10H2,(H,27,28). The molecular formula is C20H21ClF4O3. The molecule has 0 saturated heterocycles. The van der Waals surface area contributed by atoms with Crippen LogP contribution in [0, 0.1) is 35.1 Å². The first-order valence-corrected chi connectivity index (χ1v) is 9.56. The minimum absolute atomic E-state index is 0.0506. The number of rotatable bonds is 9. The highest BCUT2D eigenvalue weighted by Crippen LogP contribution is 2.35. The van der Waals surface area contributed by atoms with Crippen molar-refractivity contribution in [2.75, 3.05) is 0 Å². The highest BCUT2D eigenvalue weighted by molar-refractivity contribution is 6.30. The number of hydrogen-bond acceptors (Lipinski definition) is 2. The first-order valence-electron chi connectivity index (χ1n) is 9.18. The van der Waals surface area contributed by atoms with Gasteiger partial charge in [-0.1, -0.05) is 43.0 Å². The molecule has 1 aromatic carbocycles. The van der Waals surface area contributed by atoms with E-state index in [9.17, 15) is 27.2 Å². The van der Waals surface area contributed by atoms with Gasteiger partial charge in [0, 0.05) is 18.8 Å². The zero-order valence-electron chi connectivity index (χ0n) is 15.1. The van der Waals surface area contributed by atoms with E-state index in [1.807, 2.05) is 0 Å². The molecule has 0 aromatic heterocycles. The molecule has 2 rings (SSSR count). The highest BCUT2D eigenvalue weighted by Gasteiger charge is 2.32. The Balaban J connectivity index is 2.01. The van der Waals surface area contributed by atoms with Crippen molar-refractivity contribution in [3.8, 4) is 0 Å². The molecule has 3 nitrogen and oxygen atoms in total. The van der Waals surface area contributed by atoms with Gasteiger partial charge >= 0.3 is 5.97 Å². The predicted octanol–water partition coefficient (Wildman–Crippen LogP) is 5.93. The van der Waals surface area contributed by atoms with Crippen LogP contribution in [0.4, 0.5) is 17.6 Å². The normalized spacial score (nSPS) is 19.7. The monoisotopic (exact) mass is 420 g/mol. The number of carboxylic acid groups (broad SMARTS) is 1. The molecule has 8 heteroatoms. The molecule has 0 heterocycles. The Morgan fingerprint density at radius 3 is 2.25 bits per heavy atom. The lowest BCUT2D eigenvalue weighted by Crippen LogP contribution is -2.13. The third kappa shape index (κ3) is 5.34. The average Bonchev–Trinajstić information content (AvgIpc) is 3.01. The maximum absolute atomic E-state index is 13.9. The lowest BCUT2D eigenvalue weighted by Gasteiger charge is -2.15. The molecule has 1 fully saturated rings. The van der Waals surface area contributed by atoms with Crippen LogP contribution < -0.4 is 0 Å². The van der Waals surface area contributed by atoms with E-state index >= 15 is 0 Å². The molecule has 0 aliphatic heterocycles. The van der Waals surface area contributed by atoms with Gasteiger partial charge in [0.1, 0.15) is 10.8 Å². The van der Waals surface area contributed by atoms with Crippen molar-refractivity contribution in [3.63, 3.8) is 0 Å². The minimum atomic E-state index is -1.65. The van der Waals surface area contributed by atoms with Gasteiger partial charge in [-0.3, -0.25) is 9.59 Å². The predicted molar refractivity (Wildman–Crippen MR) is 96.9 cm³/mol. The van der Waals surface area contributed by atoms with Gasteiger partial charge in [-0.05, 0) is 25.2 Å². The number of allylic oxidation sites excluding steroid dienone is 1. The Kier molecular flexibility index (Phi) is 8.04. The molecule has 0 spiro atoms. The molecule has 1 N–H and O–H groups in total. The smallest absolute Gasteiger partial charge is 0.303 e. The third-order valence-electron chi connectivity index (χ3n) is 5.06. The molecule has 154 valence electrons. The zero-order valence-corrected chi connectivity index (χ0v) is 15.9. The van der Waals surface area contributed by atoms with E-state index in [1.165, 1.54) is 6.08 Å². The summed E-state index contributed by atoms with van der Waals surface area (Å²) in [4.78, 5) is 22.6. The van der Waals surface area contributed by atoms with Crippen LogP contribution in [0.2, 0.25) is 5.02 Å². The number of carbonyl (C=O) groups excluding carboxylic acids is 1. The quantitative estimate of drug-likeness (QED) is 0.233. The van der Waals surface area contributed by atoms with Crippen LogP contribution in [0.25, 0.3) is 6.08 Å². The summed E-state index contributed by atoms with van der Waals surface area (Å²) >= 11 is 5.21. The number of carbonyl (C=O) groups is 2. The van der Waals surface area contributed by atoms with Crippen LogP contribution in [0.5, 0.6) is 0 Å². The van der Waals surface area contributed by atoms with E-state index in [0.717, 1.165) is 25.3 Å². The van der Waals surface area contributed by atoms with Crippen LogP contribution in [0.3, 0.4) is 0 Å². The van der Waals surface area contributed by atoms with E-state index in [1.54, 1.807) is 0 Å². The number of Topliss-reactive ketones (excluding diaryl/α,β-unsaturated/α-hetero) is 1. The highest BCUT2D eigenvalue weighted by atomic mass is 35.5. The van der Waals surface area contributed by atoms with Crippen molar-refractivity contribution < 1.29 is 32.3 Å². The van der Waals surface area contributed by atoms with Crippen LogP contribution in [-0.4, -0.2) is 16.9 Å². The number of halogens is 5. The summed E-state index contributed by atoms with van der Waals surface area (Å²) in [5.41, 5.74) is -0.855. The number of aliphatic carboxylic acids is 1. The zero-order chi connectivity index (χ0) is 20.8. The fourth-order valence-corrected chi connectivity index (χ4v) is 3.69. The second-order valence-electron chi connectivity index (χ2n) is 6.96. The number of hydrogen-bond donors (Lipinski definition) is 1. The maximum Gasteiger partial charge on any atom is 0.303 e. The number of unbranched alkanes of at least 4 members (excludes halogenated alkanes) is 3. The van der Waals surface area contributed by atoms with Gasteiger partial charge < -0.3 is 5.11 Å². The Bertz CT molecular complexity index is 750. The van der Waals surface area contributed by atoms with Gasteiger partial charge in [0.25, 0.3) is 0 Å². The maximum atomic E-state index is 13.9. The van der Waals surface area contributed by atoms with Crippen molar-refractivity contribution in [3.05, 3.63) is 39.9 Å². The summed E-state index contributed by atoms with van der Waals surface area (Å²) in [6.45, 7) is 0. The van der Waals surface area contributed by atoms with Gasteiger partial charge in [-0.2, -0.15) is 0 Å². The summed E-state index contributed by atoms with van der Waals surface area (Å²) in [6, 6.07) is 0. The largest absolute Gasteiger partial charge is 0.481 e. The molecule has 1 aromatic rings. The van der Waals surface area contributed by atoms with Crippen LogP contribution in [0.1, 0.15) is 56.9 Å². The van der Waals surface area contributed by atoms with E-state index in [-0.39, 0.29) is 24.0 Å². The summed E-state index contributed by atoms with van der Waals surface area (Å²) < 4.78 is 54.9. The SMILES string of the molecule is O=C(O)CCCCCCC1C(=O)CCC1C=Cc1c(F)c(F)c(Cl)c(F)c1F. The lowest BCUT2D eigenvalue weighted by molar-refractivity contribution is -0.137. The Labute approximate surface area is 165 Å². The summed E-state index contributed by atoms with van der Waals surface area (Å²) in [7, 11) is 0. The Morgan fingerprint density at radius 2 is 1.64 bits per heavy atom. The van der Waals surface area contributed by atoms with Gasteiger partial charge in [-0.25, -0.2) is 17.6 Å². The first kappa shape index (κ1) is 22.4. The topological polar surface area (TPSA) is 54.4 Å². The molecule has 0 amide bonds. The average molecular weight is 421 g/mol. The van der Waals surface area contributed by atoms with Gasteiger partial charge in [0.05, 0.1) is 5.56 Å². The lowest BCUT2D eigenvalue weighted by atomic mass is 9.89. The Morgan fingerprint density at radius 1 is 1.04 bits per heavy atom. The van der Waals surface area contributed by atoms with Gasteiger partial charge in [0.2, 0.25) is 0 Å². The fourth-order valence-electron chi connectivity index (χ4n) is 3.52. The van der Waals surface area contributed by atoms with Crippen molar-refractivity contribution in [1.82, 2.24) is 0 Å². The first-order chi connectivity index (χ1) is 13.2. The van der Waals surface area contributed by atoms with Crippen LogP contribution >= 0.6 is 11.6 Å². The molecular weight excluding hydrogens is 400 g/mol. The molecule has 1 aliphatic carbocycles. The molecule has 0 radical (unpaired) electrons. The van der Waals surface area contributed by atoms with Crippen molar-refractivity contribution in [2.24, 2.45) is 11.8 Å². The van der Waals surface area contributed by atoms with Crippen molar-refractivity contribution >= 4 is 29.4 Å². The van der Waals surface area contributed by atoms with Crippen molar-refractivity contribution in [2.45, 2.75) is 51.4 Å². The third-order valence-corrected chi connectivity index (χ3v) is 5.40. The molecule has 1 saturated carbocycles. The van der Waals surface area contributed by atoms with Crippen LogP contribution in [0.15, 0.2) is 6.08 Å². The number of carboxylic acids is 1. The second kappa shape index (κ2) is 10.0. The van der Waals surface area contributed by atoms with Gasteiger partial charge in [0.15, 0.2) is 23.3 Å². The van der Waals surface area contributed by atoms with Crippen LogP contribution in [-0.2, 0) is 9.59 Å². The molecule has 28 heavy (non-hydrogen) atoms. The summed E-state index contributed by atoms with van der Waals surface area (Å²) in [5.74, 6) is -7.82. The molecule has 1 aliphatic rings. The van der Waals surface area contributed by atoms with Gasteiger partial charge in [-0.15, -0.1) is 0 Å². The Hall–Kier alpha value is -1.89. The van der Waals surface area contributed by atoms with E-state index in [0.29, 0.717) is 25.7 Å². The van der Waals surface area contributed by atoms with E-state index in [2.05, 4.69) is 0 Å². The number of benzene rings is 1. The second-order valence-corrected chi connectivity index (χ2v) is 7.34. The fraction of sp³-hybridized carbons (Fsp3) is 0.500. The van der Waals surface area contributed by atoms with E-state index in [4.69, 9.17) is 16.7 Å².